The molecule has 1 fully saturated rings. The van der Waals surface area contributed by atoms with E-state index in [0.29, 0.717) is 29.4 Å². The van der Waals surface area contributed by atoms with E-state index in [4.69, 9.17) is 11.6 Å². The third-order valence-corrected chi connectivity index (χ3v) is 6.46. The lowest BCUT2D eigenvalue weighted by atomic mass is 10.1. The van der Waals surface area contributed by atoms with Crippen LogP contribution in [0.15, 0.2) is 24.3 Å². The van der Waals surface area contributed by atoms with Gasteiger partial charge in [-0.25, -0.2) is 8.42 Å². The molecular formula is C17H22ClN5O3S. The van der Waals surface area contributed by atoms with Crippen LogP contribution < -0.4 is 0 Å². The molecule has 1 aromatic carbocycles. The highest BCUT2D eigenvalue weighted by molar-refractivity contribution is 7.91. The van der Waals surface area contributed by atoms with Gasteiger partial charge in [-0.15, -0.1) is 10.2 Å². The Kier molecular flexibility index (Phi) is 5.81. The number of tetrazole rings is 1. The van der Waals surface area contributed by atoms with Crippen molar-refractivity contribution in [1.82, 2.24) is 25.1 Å². The Morgan fingerprint density at radius 1 is 1.37 bits per heavy atom. The van der Waals surface area contributed by atoms with Crippen LogP contribution in [0, 0.1) is 5.92 Å². The molecule has 0 aliphatic carbocycles. The van der Waals surface area contributed by atoms with Crippen LogP contribution in [0.3, 0.4) is 0 Å². The van der Waals surface area contributed by atoms with Crippen molar-refractivity contribution >= 4 is 27.3 Å². The van der Waals surface area contributed by atoms with Crippen LogP contribution in [0.5, 0.6) is 0 Å². The molecule has 8 nitrogen and oxygen atoms in total. The fourth-order valence-corrected chi connectivity index (χ4v) is 5.09. The maximum atomic E-state index is 12.8. The van der Waals surface area contributed by atoms with Crippen molar-refractivity contribution in [3.05, 3.63) is 29.3 Å². The van der Waals surface area contributed by atoms with Crippen molar-refractivity contribution in [2.75, 3.05) is 18.1 Å². The van der Waals surface area contributed by atoms with E-state index in [9.17, 15) is 13.2 Å². The van der Waals surface area contributed by atoms with Crippen LogP contribution in [0.4, 0.5) is 0 Å². The zero-order chi connectivity index (χ0) is 19.6. The average Bonchev–Trinajstić information content (AvgIpc) is 3.19. The predicted octanol–water partition coefficient (Wildman–Crippen LogP) is 1.67. The molecule has 2 heterocycles. The van der Waals surface area contributed by atoms with Gasteiger partial charge in [-0.1, -0.05) is 37.6 Å². The largest absolute Gasteiger partial charge is 0.337 e. The van der Waals surface area contributed by atoms with E-state index < -0.39 is 9.84 Å². The minimum atomic E-state index is -3.08. The number of amides is 1. The number of sulfone groups is 1. The molecule has 1 aliphatic rings. The number of hydrogen-bond acceptors (Lipinski definition) is 6. The summed E-state index contributed by atoms with van der Waals surface area (Å²) in [5, 5.41) is 12.7. The molecule has 1 saturated heterocycles. The maximum absolute atomic E-state index is 12.8. The van der Waals surface area contributed by atoms with Crippen molar-refractivity contribution in [2.24, 2.45) is 5.92 Å². The minimum Gasteiger partial charge on any atom is -0.337 e. The van der Waals surface area contributed by atoms with Crippen LogP contribution in [0.2, 0.25) is 5.02 Å². The summed E-state index contributed by atoms with van der Waals surface area (Å²) in [6.07, 6.45) is 0.469. The molecule has 10 heteroatoms. The van der Waals surface area contributed by atoms with E-state index in [1.54, 1.807) is 23.1 Å². The summed E-state index contributed by atoms with van der Waals surface area (Å²) in [7, 11) is -3.08. The lowest BCUT2D eigenvalue weighted by Gasteiger charge is -2.29. The van der Waals surface area contributed by atoms with Crippen molar-refractivity contribution in [3.8, 4) is 11.4 Å². The topological polar surface area (TPSA) is 98.1 Å². The zero-order valence-corrected chi connectivity index (χ0v) is 16.8. The molecule has 1 atom stereocenters. The standard InChI is InChI=1S/C17H22ClN5O3S/c1-12(2)9-22(13-7-8-27(25,26)11-13)16(24)10-23-20-17(19-21-23)14-5-3-4-6-15(14)18/h3-6,12-13H,7-11H2,1-2H3/t13-/m0/s1. The fraction of sp³-hybridized carbons (Fsp3) is 0.529. The second-order valence-electron chi connectivity index (χ2n) is 7.12. The van der Waals surface area contributed by atoms with Gasteiger partial charge >= 0.3 is 0 Å². The Hall–Kier alpha value is -2.00. The predicted molar refractivity (Wildman–Crippen MR) is 102 cm³/mol. The van der Waals surface area contributed by atoms with Gasteiger partial charge in [-0.2, -0.15) is 4.80 Å². The van der Waals surface area contributed by atoms with Crippen LogP contribution in [0.1, 0.15) is 20.3 Å². The quantitative estimate of drug-likeness (QED) is 0.717. The third kappa shape index (κ3) is 4.84. The molecule has 0 unspecified atom stereocenters. The van der Waals surface area contributed by atoms with E-state index in [-0.39, 0.29) is 35.9 Å². The van der Waals surface area contributed by atoms with Crippen molar-refractivity contribution < 1.29 is 13.2 Å². The number of rotatable bonds is 6. The Morgan fingerprint density at radius 2 is 2.11 bits per heavy atom. The van der Waals surface area contributed by atoms with Gasteiger partial charge in [-0.3, -0.25) is 4.79 Å². The highest BCUT2D eigenvalue weighted by Crippen LogP contribution is 2.24. The molecule has 27 heavy (non-hydrogen) atoms. The van der Waals surface area contributed by atoms with Gasteiger partial charge in [0.15, 0.2) is 9.84 Å². The summed E-state index contributed by atoms with van der Waals surface area (Å²) in [6.45, 7) is 4.38. The van der Waals surface area contributed by atoms with Gasteiger partial charge < -0.3 is 4.90 Å². The molecule has 146 valence electrons. The summed E-state index contributed by atoms with van der Waals surface area (Å²) in [5.41, 5.74) is 0.638. The van der Waals surface area contributed by atoms with E-state index in [1.165, 1.54) is 4.80 Å². The summed E-state index contributed by atoms with van der Waals surface area (Å²) >= 11 is 6.15. The smallest absolute Gasteiger partial charge is 0.246 e. The maximum Gasteiger partial charge on any atom is 0.246 e. The van der Waals surface area contributed by atoms with Crippen LogP contribution in [0.25, 0.3) is 11.4 Å². The number of benzene rings is 1. The lowest BCUT2D eigenvalue weighted by Crippen LogP contribution is -2.45. The molecule has 0 spiro atoms. The summed E-state index contributed by atoms with van der Waals surface area (Å²) < 4.78 is 23.6. The van der Waals surface area contributed by atoms with E-state index in [0.717, 1.165) is 0 Å². The first-order valence-electron chi connectivity index (χ1n) is 8.78. The van der Waals surface area contributed by atoms with Gasteiger partial charge in [0.25, 0.3) is 0 Å². The number of carbonyl (C=O) groups excluding carboxylic acids is 1. The molecule has 0 radical (unpaired) electrons. The molecule has 0 saturated carbocycles. The summed E-state index contributed by atoms with van der Waals surface area (Å²) in [6, 6.07) is 6.83. The second kappa shape index (κ2) is 7.93. The molecule has 1 aromatic heterocycles. The first kappa shape index (κ1) is 19.8. The van der Waals surface area contributed by atoms with Gasteiger partial charge in [0.1, 0.15) is 6.54 Å². The van der Waals surface area contributed by atoms with E-state index >= 15 is 0 Å². The molecule has 3 rings (SSSR count). The van der Waals surface area contributed by atoms with Gasteiger partial charge in [0, 0.05) is 18.2 Å². The number of carbonyl (C=O) groups is 1. The monoisotopic (exact) mass is 411 g/mol. The van der Waals surface area contributed by atoms with E-state index in [1.807, 2.05) is 19.9 Å². The highest BCUT2D eigenvalue weighted by atomic mass is 35.5. The Labute approximate surface area is 163 Å². The molecule has 2 aromatic rings. The number of halogens is 1. The number of hydrogen-bond donors (Lipinski definition) is 0. The van der Waals surface area contributed by atoms with Crippen molar-refractivity contribution in [1.29, 1.82) is 0 Å². The van der Waals surface area contributed by atoms with Crippen LogP contribution >= 0.6 is 11.6 Å². The number of aromatic nitrogens is 4. The normalized spacial score (nSPS) is 18.7. The van der Waals surface area contributed by atoms with Gasteiger partial charge in [0.05, 0.1) is 16.5 Å². The molecule has 0 N–H and O–H groups in total. The summed E-state index contributed by atoms with van der Waals surface area (Å²) in [4.78, 5) is 15.7. The zero-order valence-electron chi connectivity index (χ0n) is 15.2. The van der Waals surface area contributed by atoms with Crippen LogP contribution in [-0.2, 0) is 21.2 Å². The first-order chi connectivity index (χ1) is 12.7. The first-order valence-corrected chi connectivity index (χ1v) is 11.0. The van der Waals surface area contributed by atoms with Crippen molar-refractivity contribution in [3.63, 3.8) is 0 Å². The second-order valence-corrected chi connectivity index (χ2v) is 9.76. The Morgan fingerprint density at radius 3 is 2.74 bits per heavy atom. The molecular weight excluding hydrogens is 390 g/mol. The molecule has 0 bridgehead atoms. The molecule has 1 amide bonds. The van der Waals surface area contributed by atoms with Gasteiger partial charge in [0.2, 0.25) is 11.7 Å². The average molecular weight is 412 g/mol. The fourth-order valence-electron chi connectivity index (χ4n) is 3.14. The highest BCUT2D eigenvalue weighted by Gasteiger charge is 2.35. The van der Waals surface area contributed by atoms with Gasteiger partial charge in [-0.05, 0) is 29.7 Å². The van der Waals surface area contributed by atoms with Crippen LogP contribution in [-0.4, -0.2) is 63.5 Å². The Bertz CT molecular complexity index is 928. The minimum absolute atomic E-state index is 0.0150. The summed E-state index contributed by atoms with van der Waals surface area (Å²) in [5.74, 6) is 0.486. The lowest BCUT2D eigenvalue weighted by molar-refractivity contribution is -0.134. The third-order valence-electron chi connectivity index (χ3n) is 4.38. The Balaban J connectivity index is 1.75. The number of nitrogens with zero attached hydrogens (tertiary/aromatic N) is 5. The van der Waals surface area contributed by atoms with Crippen molar-refractivity contribution in [2.45, 2.75) is 32.9 Å². The molecule has 1 aliphatic heterocycles. The SMILES string of the molecule is CC(C)CN(C(=O)Cn1nnc(-c2ccccc2Cl)n1)[C@H]1CCS(=O)(=O)C1. The van der Waals surface area contributed by atoms with E-state index in [2.05, 4.69) is 15.4 Å².